The van der Waals surface area contributed by atoms with Crippen LogP contribution in [0.1, 0.15) is 24.0 Å². The number of nitrogens with two attached hydrogens (primary N) is 1. The first-order valence-corrected chi connectivity index (χ1v) is 5.23. The largest absolute Gasteiger partial charge is 0.356 e. The molecule has 82 valence electrons. The number of aryl methyl sites for hydroxylation is 1. The second-order valence-corrected chi connectivity index (χ2v) is 3.60. The normalized spacial score (nSPS) is 12.2. The minimum Gasteiger partial charge on any atom is -0.356 e. The molecule has 0 aromatic heterocycles. The smallest absolute Gasteiger partial charge is 0.228 e. The summed E-state index contributed by atoms with van der Waals surface area (Å²) < 4.78 is 0. The molecule has 1 amide bonds. The van der Waals surface area contributed by atoms with Gasteiger partial charge in [-0.3, -0.25) is 4.79 Å². The minimum atomic E-state index is -0.232. The van der Waals surface area contributed by atoms with Gasteiger partial charge in [0.1, 0.15) is 0 Å². The molecule has 1 aromatic rings. The number of rotatable bonds is 4. The van der Waals surface area contributed by atoms with Crippen LogP contribution in [0.3, 0.4) is 0 Å². The molecule has 0 aliphatic rings. The molecule has 0 aliphatic carbocycles. The number of hydrogen-bond acceptors (Lipinski definition) is 2. The van der Waals surface area contributed by atoms with Crippen molar-refractivity contribution in [2.24, 2.45) is 5.73 Å². The van der Waals surface area contributed by atoms with Gasteiger partial charge in [0.2, 0.25) is 5.91 Å². The maximum Gasteiger partial charge on any atom is 0.228 e. The Labute approximate surface area is 90.7 Å². The van der Waals surface area contributed by atoms with Crippen LogP contribution in [0.15, 0.2) is 24.3 Å². The molecule has 0 bridgehead atoms. The summed E-state index contributed by atoms with van der Waals surface area (Å²) in [5, 5.41) is 2.80. The first kappa shape index (κ1) is 11.7. The van der Waals surface area contributed by atoms with Gasteiger partial charge in [0.25, 0.3) is 0 Å². The number of likely N-dealkylation sites (N-methyl/N-ethyl adjacent to an activating group) is 1. The maximum absolute atomic E-state index is 11.7. The van der Waals surface area contributed by atoms with Gasteiger partial charge in [0.15, 0.2) is 0 Å². The number of carbonyl (C=O) groups is 1. The van der Waals surface area contributed by atoms with Crippen LogP contribution < -0.4 is 11.1 Å². The molecule has 0 saturated carbocycles. The van der Waals surface area contributed by atoms with E-state index in [0.29, 0.717) is 13.1 Å². The first-order chi connectivity index (χ1) is 7.19. The summed E-state index contributed by atoms with van der Waals surface area (Å²) in [4.78, 5) is 11.7. The molecular weight excluding hydrogens is 188 g/mol. The lowest BCUT2D eigenvalue weighted by Gasteiger charge is -2.14. The van der Waals surface area contributed by atoms with Gasteiger partial charge in [0, 0.05) is 13.1 Å². The SMILES string of the molecule is CCNC(=O)C(CN)c1cccc(C)c1. The molecule has 3 nitrogen and oxygen atoms in total. The summed E-state index contributed by atoms with van der Waals surface area (Å²) >= 11 is 0. The molecule has 15 heavy (non-hydrogen) atoms. The lowest BCUT2D eigenvalue weighted by molar-refractivity contribution is -0.122. The van der Waals surface area contributed by atoms with Crippen molar-refractivity contribution in [3.63, 3.8) is 0 Å². The Balaban J connectivity index is 2.87. The van der Waals surface area contributed by atoms with Crippen LogP contribution in [0, 0.1) is 6.92 Å². The van der Waals surface area contributed by atoms with E-state index in [-0.39, 0.29) is 11.8 Å². The standard InChI is InChI=1S/C12H18N2O/c1-3-14-12(15)11(8-13)10-6-4-5-9(2)7-10/h4-7,11H,3,8,13H2,1-2H3,(H,14,15). The van der Waals surface area contributed by atoms with Gasteiger partial charge < -0.3 is 11.1 Å². The van der Waals surface area contributed by atoms with Crippen molar-refractivity contribution in [3.05, 3.63) is 35.4 Å². The highest BCUT2D eigenvalue weighted by atomic mass is 16.1. The number of hydrogen-bond donors (Lipinski definition) is 2. The molecule has 0 spiro atoms. The van der Waals surface area contributed by atoms with Crippen LogP contribution in [0.5, 0.6) is 0 Å². The third kappa shape index (κ3) is 3.06. The van der Waals surface area contributed by atoms with Gasteiger partial charge in [-0.1, -0.05) is 29.8 Å². The van der Waals surface area contributed by atoms with Crippen LogP contribution in [-0.2, 0) is 4.79 Å². The zero-order chi connectivity index (χ0) is 11.3. The molecule has 0 radical (unpaired) electrons. The summed E-state index contributed by atoms with van der Waals surface area (Å²) in [6, 6.07) is 7.91. The second kappa shape index (κ2) is 5.51. The van der Waals surface area contributed by atoms with Crippen molar-refractivity contribution in [2.45, 2.75) is 19.8 Å². The van der Waals surface area contributed by atoms with E-state index in [9.17, 15) is 4.79 Å². The molecule has 0 saturated heterocycles. The highest BCUT2D eigenvalue weighted by Gasteiger charge is 2.17. The zero-order valence-corrected chi connectivity index (χ0v) is 9.29. The van der Waals surface area contributed by atoms with Gasteiger partial charge >= 0.3 is 0 Å². The Morgan fingerprint density at radius 1 is 1.53 bits per heavy atom. The highest BCUT2D eigenvalue weighted by Crippen LogP contribution is 2.15. The third-order valence-electron chi connectivity index (χ3n) is 2.35. The Hall–Kier alpha value is -1.35. The summed E-state index contributed by atoms with van der Waals surface area (Å²) in [6.07, 6.45) is 0. The van der Waals surface area contributed by atoms with Crippen LogP contribution in [0.4, 0.5) is 0 Å². The fourth-order valence-electron chi connectivity index (χ4n) is 1.58. The number of carbonyl (C=O) groups excluding carboxylic acids is 1. The predicted molar refractivity (Wildman–Crippen MR) is 61.7 cm³/mol. The Morgan fingerprint density at radius 3 is 2.80 bits per heavy atom. The molecule has 0 fully saturated rings. The van der Waals surface area contributed by atoms with E-state index >= 15 is 0 Å². The van der Waals surface area contributed by atoms with E-state index in [1.54, 1.807) is 0 Å². The molecular formula is C12H18N2O. The second-order valence-electron chi connectivity index (χ2n) is 3.60. The third-order valence-corrected chi connectivity index (χ3v) is 2.35. The molecule has 1 atom stereocenters. The fourth-order valence-corrected chi connectivity index (χ4v) is 1.58. The maximum atomic E-state index is 11.7. The average molecular weight is 206 g/mol. The van der Waals surface area contributed by atoms with E-state index in [0.717, 1.165) is 11.1 Å². The van der Waals surface area contributed by atoms with Gasteiger partial charge in [-0.25, -0.2) is 0 Å². The van der Waals surface area contributed by atoms with E-state index in [1.807, 2.05) is 38.1 Å². The Bertz CT molecular complexity index is 336. The quantitative estimate of drug-likeness (QED) is 0.777. The Morgan fingerprint density at radius 2 is 2.27 bits per heavy atom. The zero-order valence-electron chi connectivity index (χ0n) is 9.29. The Kier molecular flexibility index (Phi) is 4.31. The summed E-state index contributed by atoms with van der Waals surface area (Å²) in [5.41, 5.74) is 7.76. The minimum absolute atomic E-state index is 0.00519. The molecule has 1 rings (SSSR count). The number of benzene rings is 1. The lowest BCUT2D eigenvalue weighted by Crippen LogP contribution is -2.33. The van der Waals surface area contributed by atoms with Crippen molar-refractivity contribution in [2.75, 3.05) is 13.1 Å². The number of amides is 1. The predicted octanol–water partition coefficient (Wildman–Crippen LogP) is 1.17. The van der Waals surface area contributed by atoms with Gasteiger partial charge in [0.05, 0.1) is 5.92 Å². The molecule has 1 aromatic carbocycles. The van der Waals surface area contributed by atoms with Gasteiger partial charge in [-0.15, -0.1) is 0 Å². The highest BCUT2D eigenvalue weighted by molar-refractivity contribution is 5.83. The van der Waals surface area contributed by atoms with Crippen molar-refractivity contribution in [1.82, 2.24) is 5.32 Å². The molecule has 0 aliphatic heterocycles. The average Bonchev–Trinajstić information content (AvgIpc) is 2.19. The molecule has 0 heterocycles. The van der Waals surface area contributed by atoms with Crippen LogP contribution in [0.25, 0.3) is 0 Å². The van der Waals surface area contributed by atoms with Gasteiger partial charge in [-0.05, 0) is 19.4 Å². The fraction of sp³-hybridized carbons (Fsp3) is 0.417. The molecule has 3 heteroatoms. The van der Waals surface area contributed by atoms with Crippen molar-refractivity contribution >= 4 is 5.91 Å². The monoisotopic (exact) mass is 206 g/mol. The topological polar surface area (TPSA) is 55.1 Å². The van der Waals surface area contributed by atoms with Crippen LogP contribution >= 0.6 is 0 Å². The van der Waals surface area contributed by atoms with Crippen molar-refractivity contribution in [3.8, 4) is 0 Å². The van der Waals surface area contributed by atoms with Gasteiger partial charge in [-0.2, -0.15) is 0 Å². The van der Waals surface area contributed by atoms with E-state index in [2.05, 4.69) is 5.32 Å². The summed E-state index contributed by atoms with van der Waals surface area (Å²) in [5.74, 6) is -0.226. The molecule has 3 N–H and O–H groups in total. The van der Waals surface area contributed by atoms with E-state index < -0.39 is 0 Å². The summed E-state index contributed by atoms with van der Waals surface area (Å²) in [6.45, 7) is 4.90. The molecule has 1 unspecified atom stereocenters. The van der Waals surface area contributed by atoms with Crippen LogP contribution in [0.2, 0.25) is 0 Å². The van der Waals surface area contributed by atoms with Crippen molar-refractivity contribution < 1.29 is 4.79 Å². The van der Waals surface area contributed by atoms with E-state index in [1.165, 1.54) is 0 Å². The van der Waals surface area contributed by atoms with Crippen molar-refractivity contribution in [1.29, 1.82) is 0 Å². The first-order valence-electron chi connectivity index (χ1n) is 5.23. The van der Waals surface area contributed by atoms with Crippen LogP contribution in [-0.4, -0.2) is 19.0 Å². The lowest BCUT2D eigenvalue weighted by atomic mass is 9.97. The van der Waals surface area contributed by atoms with E-state index in [4.69, 9.17) is 5.73 Å². The summed E-state index contributed by atoms with van der Waals surface area (Å²) in [7, 11) is 0. The number of nitrogens with one attached hydrogen (secondary N) is 1.